The first-order chi connectivity index (χ1) is 22.8. The normalized spacial score (nSPS) is 27.4. The highest BCUT2D eigenvalue weighted by atomic mass is 19.1. The van der Waals surface area contributed by atoms with Crippen LogP contribution >= 0.6 is 0 Å². The van der Waals surface area contributed by atoms with Crippen LogP contribution < -0.4 is 15.0 Å². The number of aromatic nitrogens is 3. The molecule has 47 heavy (non-hydrogen) atoms. The number of hydrogen-bond donors (Lipinski definition) is 1. The molecule has 1 N–H and O–H groups in total. The molecule has 0 amide bonds. The van der Waals surface area contributed by atoms with Crippen molar-refractivity contribution in [3.8, 4) is 29.6 Å². The number of ether oxygens (including phenoxy) is 1. The van der Waals surface area contributed by atoms with Gasteiger partial charge in [0.15, 0.2) is 5.82 Å². The first kappa shape index (κ1) is 30.4. The molecule has 7 nitrogen and oxygen atoms in total. The van der Waals surface area contributed by atoms with Gasteiger partial charge in [-0.05, 0) is 56.0 Å². The van der Waals surface area contributed by atoms with Crippen molar-refractivity contribution in [2.45, 2.75) is 82.1 Å². The van der Waals surface area contributed by atoms with Gasteiger partial charge in [-0.2, -0.15) is 9.97 Å². The third-order valence-electron chi connectivity index (χ3n) is 11.1. The Balaban J connectivity index is 1.35. The number of nitrogens with zero attached hydrogens (tertiary/aromatic N) is 5. The Labute approximate surface area is 272 Å². The average Bonchev–Trinajstić information content (AvgIpc) is 3.61. The summed E-state index contributed by atoms with van der Waals surface area (Å²) in [5, 5.41) is 5.39. The van der Waals surface area contributed by atoms with E-state index in [1.807, 2.05) is 6.07 Å². The fraction of sp³-hybridized carbons (Fsp3) is 0.486. The predicted octanol–water partition coefficient (Wildman–Crippen LogP) is 6.51. The van der Waals surface area contributed by atoms with Crippen molar-refractivity contribution in [1.29, 1.82) is 0 Å². The molecule has 0 unspecified atom stereocenters. The van der Waals surface area contributed by atoms with Gasteiger partial charge >= 0.3 is 6.01 Å². The van der Waals surface area contributed by atoms with E-state index in [1.54, 1.807) is 18.2 Å². The number of piperazine rings is 1. The molecule has 3 saturated heterocycles. The number of terminal acetylenes is 1. The minimum Gasteiger partial charge on any atom is -0.461 e. The molecule has 4 aliphatic rings. The van der Waals surface area contributed by atoms with Crippen LogP contribution in [0.25, 0.3) is 32.9 Å². The molecule has 6 heterocycles. The number of alkyl halides is 1. The van der Waals surface area contributed by atoms with E-state index in [-0.39, 0.29) is 47.4 Å². The van der Waals surface area contributed by atoms with E-state index in [0.29, 0.717) is 52.7 Å². The van der Waals surface area contributed by atoms with Gasteiger partial charge in [0.25, 0.3) is 0 Å². The van der Waals surface area contributed by atoms with Crippen LogP contribution in [0.2, 0.25) is 0 Å². The summed E-state index contributed by atoms with van der Waals surface area (Å²) in [6.45, 7) is 7.23. The van der Waals surface area contributed by atoms with E-state index < -0.39 is 23.3 Å². The van der Waals surface area contributed by atoms with Gasteiger partial charge in [0, 0.05) is 49.1 Å². The van der Waals surface area contributed by atoms with Crippen LogP contribution in [0.15, 0.2) is 30.3 Å². The monoisotopic (exact) mass is 640 g/mol. The van der Waals surface area contributed by atoms with Crippen LogP contribution in [0.5, 0.6) is 6.01 Å². The second-order valence-corrected chi connectivity index (χ2v) is 13.8. The SMILES string of the molecule is C#Cc1c(F)ccc2cccc(-c3nc4c5c(nc(OC[C@@]67CCCN6C[C@H](F)C7)nc5c3F)N3CCN[C@@H](CC)[C@H]3CC[C@H]4C)c12. The Kier molecular flexibility index (Phi) is 7.53. The third kappa shape index (κ3) is 4.84. The van der Waals surface area contributed by atoms with Gasteiger partial charge in [-0.3, -0.25) is 4.90 Å². The second-order valence-electron chi connectivity index (χ2n) is 13.8. The first-order valence-corrected chi connectivity index (χ1v) is 16.9. The number of nitrogens with one attached hydrogen (secondary N) is 1. The summed E-state index contributed by atoms with van der Waals surface area (Å²) in [5.41, 5.74) is 0.969. The van der Waals surface area contributed by atoms with Gasteiger partial charge in [-0.1, -0.05) is 44.0 Å². The standard InChI is InChI=1S/C37H39F3N6O/c1-4-24-26(39)12-11-22-8-6-9-25(29(22)24)33-31(40)34-30-32(42-33)21(3)10-13-28-27(5-2)41-15-17-46(28)35(30)44-36(43-34)47-20-37-14-7-16-45(37)19-23(38)18-37/h1,6,8-9,11-12,21,23,27-28,41H,5,7,10,13-20H2,2-3H3/t21-,23-,27+,28-,37+/m1/s1. The molecule has 2 aromatic heterocycles. The highest BCUT2D eigenvalue weighted by Crippen LogP contribution is 2.44. The van der Waals surface area contributed by atoms with Crippen molar-refractivity contribution in [3.63, 3.8) is 0 Å². The molecule has 4 aromatic rings. The minimum absolute atomic E-state index is 0.0303. The number of fused-ring (bicyclic) bond motifs is 4. The maximum absolute atomic E-state index is 17.2. The Hall–Kier alpha value is -3.94. The number of rotatable bonds is 5. The maximum Gasteiger partial charge on any atom is 0.319 e. The molecule has 2 aromatic carbocycles. The third-order valence-corrected chi connectivity index (χ3v) is 11.1. The minimum atomic E-state index is -0.897. The zero-order valence-corrected chi connectivity index (χ0v) is 26.8. The topological polar surface area (TPSA) is 66.4 Å². The molecule has 10 heteroatoms. The Morgan fingerprint density at radius 1 is 1.11 bits per heavy atom. The fourth-order valence-electron chi connectivity index (χ4n) is 8.79. The van der Waals surface area contributed by atoms with E-state index >= 15 is 8.78 Å². The van der Waals surface area contributed by atoms with E-state index in [2.05, 4.69) is 34.9 Å². The Bertz CT molecular complexity index is 1930. The highest BCUT2D eigenvalue weighted by molar-refractivity contribution is 6.03. The van der Waals surface area contributed by atoms with Crippen molar-refractivity contribution in [2.24, 2.45) is 0 Å². The van der Waals surface area contributed by atoms with Gasteiger partial charge in [0.05, 0.1) is 22.2 Å². The summed E-state index contributed by atoms with van der Waals surface area (Å²) in [4.78, 5) is 19.3. The van der Waals surface area contributed by atoms with Gasteiger partial charge in [-0.25, -0.2) is 18.2 Å². The highest BCUT2D eigenvalue weighted by Gasteiger charge is 2.49. The molecule has 0 radical (unpaired) electrons. The number of halogens is 3. The lowest BCUT2D eigenvalue weighted by molar-refractivity contribution is 0.107. The molecular formula is C37H39F3N6O. The zero-order valence-electron chi connectivity index (χ0n) is 26.8. The van der Waals surface area contributed by atoms with E-state index in [0.717, 1.165) is 45.2 Å². The molecular weight excluding hydrogens is 601 g/mol. The number of anilines is 1. The van der Waals surface area contributed by atoms with Crippen molar-refractivity contribution < 1.29 is 17.9 Å². The molecule has 5 atom stereocenters. The average molecular weight is 641 g/mol. The van der Waals surface area contributed by atoms with Crippen LogP contribution in [-0.4, -0.2) is 76.4 Å². The zero-order chi connectivity index (χ0) is 32.4. The number of hydrogen-bond acceptors (Lipinski definition) is 7. The number of benzene rings is 2. The van der Waals surface area contributed by atoms with Gasteiger partial charge < -0.3 is 15.0 Å². The summed E-state index contributed by atoms with van der Waals surface area (Å²) < 4.78 is 53.2. The van der Waals surface area contributed by atoms with Gasteiger partial charge in [0.1, 0.15) is 35.6 Å². The molecule has 0 saturated carbocycles. The molecule has 3 fully saturated rings. The first-order valence-electron chi connectivity index (χ1n) is 16.9. The van der Waals surface area contributed by atoms with E-state index in [1.165, 1.54) is 6.07 Å². The summed E-state index contributed by atoms with van der Waals surface area (Å²) in [7, 11) is 0. The van der Waals surface area contributed by atoms with Gasteiger partial charge in [-0.15, -0.1) is 6.42 Å². The second kappa shape index (κ2) is 11.6. The van der Waals surface area contributed by atoms with E-state index in [9.17, 15) is 4.39 Å². The van der Waals surface area contributed by atoms with Crippen molar-refractivity contribution in [2.75, 3.05) is 37.7 Å². The van der Waals surface area contributed by atoms with Crippen molar-refractivity contribution >= 4 is 27.5 Å². The fourth-order valence-corrected chi connectivity index (χ4v) is 8.79. The van der Waals surface area contributed by atoms with Gasteiger partial charge in [0.2, 0.25) is 0 Å². The maximum atomic E-state index is 17.2. The quantitative estimate of drug-likeness (QED) is 0.250. The summed E-state index contributed by atoms with van der Waals surface area (Å²) >= 11 is 0. The molecule has 4 aliphatic heterocycles. The van der Waals surface area contributed by atoms with Crippen LogP contribution in [0.1, 0.15) is 69.5 Å². The molecule has 8 rings (SSSR count). The lowest BCUT2D eigenvalue weighted by atomic mass is 9.87. The Morgan fingerprint density at radius 2 is 1.98 bits per heavy atom. The lowest BCUT2D eigenvalue weighted by Gasteiger charge is -2.44. The number of pyridine rings is 1. The van der Waals surface area contributed by atoms with Crippen LogP contribution in [-0.2, 0) is 0 Å². The van der Waals surface area contributed by atoms with E-state index in [4.69, 9.17) is 26.1 Å². The lowest BCUT2D eigenvalue weighted by Crippen LogP contribution is -2.58. The largest absolute Gasteiger partial charge is 0.461 e. The van der Waals surface area contributed by atoms with Crippen molar-refractivity contribution in [1.82, 2.24) is 25.2 Å². The summed E-state index contributed by atoms with van der Waals surface area (Å²) in [6.07, 6.45) is 9.81. The molecule has 0 spiro atoms. The van der Waals surface area contributed by atoms with Crippen LogP contribution in [0.4, 0.5) is 19.0 Å². The Morgan fingerprint density at radius 3 is 2.81 bits per heavy atom. The van der Waals surface area contributed by atoms with Crippen LogP contribution in [0.3, 0.4) is 0 Å². The summed E-state index contributed by atoms with van der Waals surface area (Å²) in [6, 6.07) is 8.83. The smallest absolute Gasteiger partial charge is 0.319 e. The molecule has 0 aliphatic carbocycles. The van der Waals surface area contributed by atoms with Crippen molar-refractivity contribution in [3.05, 3.63) is 53.2 Å². The summed E-state index contributed by atoms with van der Waals surface area (Å²) in [5.74, 6) is 1.90. The predicted molar refractivity (Wildman–Crippen MR) is 178 cm³/mol. The molecule has 244 valence electrons. The molecule has 0 bridgehead atoms. The van der Waals surface area contributed by atoms with Crippen LogP contribution in [0, 0.1) is 24.0 Å².